The highest BCUT2D eigenvalue weighted by Gasteiger charge is 2.29. The van der Waals surface area contributed by atoms with E-state index in [1.165, 1.54) is 0 Å². The molecular formula is C12H12O2. The second-order valence-electron chi connectivity index (χ2n) is 3.35. The van der Waals surface area contributed by atoms with Crippen molar-refractivity contribution in [3.63, 3.8) is 0 Å². The minimum absolute atomic E-state index is 0.0725. The van der Waals surface area contributed by atoms with E-state index in [1.807, 2.05) is 30.3 Å². The van der Waals surface area contributed by atoms with Gasteiger partial charge in [-0.2, -0.15) is 0 Å². The van der Waals surface area contributed by atoms with Crippen LogP contribution in [0.2, 0.25) is 0 Å². The third-order valence-corrected chi connectivity index (χ3v) is 2.41. The molecule has 0 N–H and O–H groups in total. The van der Waals surface area contributed by atoms with Gasteiger partial charge < -0.3 is 4.74 Å². The highest BCUT2D eigenvalue weighted by molar-refractivity contribution is 5.93. The van der Waals surface area contributed by atoms with Gasteiger partial charge in [0.15, 0.2) is 0 Å². The summed E-state index contributed by atoms with van der Waals surface area (Å²) in [5, 5.41) is 0. The minimum Gasteiger partial charge on any atom is -0.454 e. The van der Waals surface area contributed by atoms with E-state index in [4.69, 9.17) is 4.74 Å². The number of ether oxygens (including phenoxy) is 1. The lowest BCUT2D eigenvalue weighted by Crippen LogP contribution is -1.97. The van der Waals surface area contributed by atoms with Gasteiger partial charge in [-0.25, -0.2) is 4.79 Å². The Bertz CT molecular complexity index is 368. The van der Waals surface area contributed by atoms with Gasteiger partial charge in [0.25, 0.3) is 0 Å². The highest BCUT2D eigenvalue weighted by atomic mass is 16.5. The molecule has 1 atom stereocenters. The van der Waals surface area contributed by atoms with Gasteiger partial charge in [-0.3, -0.25) is 0 Å². The van der Waals surface area contributed by atoms with Crippen LogP contribution in [-0.2, 0) is 4.74 Å². The van der Waals surface area contributed by atoms with Gasteiger partial charge in [0.2, 0.25) is 0 Å². The van der Waals surface area contributed by atoms with Crippen LogP contribution in [0.25, 0.3) is 0 Å². The largest absolute Gasteiger partial charge is 0.454 e. The first-order valence-electron chi connectivity index (χ1n) is 4.73. The first kappa shape index (κ1) is 9.00. The Morgan fingerprint density at radius 1 is 1.43 bits per heavy atom. The van der Waals surface area contributed by atoms with Crippen LogP contribution < -0.4 is 0 Å². The molecule has 0 saturated heterocycles. The number of fused-ring (bicyclic) bond motifs is 1. The van der Waals surface area contributed by atoms with Crippen LogP contribution in [0.15, 0.2) is 36.9 Å². The molecule has 0 aromatic heterocycles. The molecule has 0 aliphatic carbocycles. The average Bonchev–Trinajstić information content (AvgIpc) is 2.54. The molecule has 1 aliphatic heterocycles. The van der Waals surface area contributed by atoms with E-state index in [0.717, 1.165) is 18.4 Å². The standard InChI is InChI=1S/C12H12O2/c1-2-3-8-11-9-6-4-5-7-10(9)12(13)14-11/h2,4-7,11H,1,3,8H2/t11-/m1/s1. The Hall–Kier alpha value is -1.57. The Kier molecular flexibility index (Phi) is 2.35. The molecule has 0 amide bonds. The molecular weight excluding hydrogens is 176 g/mol. The SMILES string of the molecule is C=CCC[C@H]1OC(=O)c2ccccc21. The van der Waals surface area contributed by atoms with Crippen molar-refractivity contribution in [2.24, 2.45) is 0 Å². The molecule has 0 saturated carbocycles. The van der Waals surface area contributed by atoms with Crippen molar-refractivity contribution in [1.82, 2.24) is 0 Å². The van der Waals surface area contributed by atoms with Crippen LogP contribution in [0.4, 0.5) is 0 Å². The summed E-state index contributed by atoms with van der Waals surface area (Å²) >= 11 is 0. The van der Waals surface area contributed by atoms with Gasteiger partial charge in [-0.1, -0.05) is 24.3 Å². The number of carbonyl (C=O) groups excluding carboxylic acids is 1. The molecule has 0 radical (unpaired) electrons. The predicted octanol–water partition coefficient (Wildman–Crippen LogP) is 2.86. The smallest absolute Gasteiger partial charge is 0.339 e. The predicted molar refractivity (Wildman–Crippen MR) is 54.0 cm³/mol. The van der Waals surface area contributed by atoms with Crippen molar-refractivity contribution < 1.29 is 9.53 Å². The van der Waals surface area contributed by atoms with Crippen LogP contribution in [-0.4, -0.2) is 5.97 Å². The van der Waals surface area contributed by atoms with E-state index in [0.29, 0.717) is 5.56 Å². The molecule has 2 heteroatoms. The fraction of sp³-hybridized carbons (Fsp3) is 0.250. The number of rotatable bonds is 3. The van der Waals surface area contributed by atoms with Crippen LogP contribution in [0, 0.1) is 0 Å². The Labute approximate surface area is 83.2 Å². The fourth-order valence-electron chi connectivity index (χ4n) is 1.70. The topological polar surface area (TPSA) is 26.3 Å². The number of hydrogen-bond acceptors (Lipinski definition) is 2. The van der Waals surface area contributed by atoms with Gasteiger partial charge in [0.1, 0.15) is 6.10 Å². The molecule has 1 heterocycles. The van der Waals surface area contributed by atoms with E-state index in [1.54, 1.807) is 0 Å². The second kappa shape index (κ2) is 3.66. The number of allylic oxidation sites excluding steroid dienone is 1. The number of benzene rings is 1. The van der Waals surface area contributed by atoms with E-state index in [-0.39, 0.29) is 12.1 Å². The third-order valence-electron chi connectivity index (χ3n) is 2.41. The van der Waals surface area contributed by atoms with Crippen molar-refractivity contribution in [3.05, 3.63) is 48.0 Å². The molecule has 0 spiro atoms. The molecule has 0 bridgehead atoms. The van der Waals surface area contributed by atoms with Crippen molar-refractivity contribution >= 4 is 5.97 Å². The van der Waals surface area contributed by atoms with Crippen LogP contribution in [0.1, 0.15) is 34.9 Å². The van der Waals surface area contributed by atoms with E-state index in [2.05, 4.69) is 6.58 Å². The maximum atomic E-state index is 11.4. The summed E-state index contributed by atoms with van der Waals surface area (Å²) in [7, 11) is 0. The van der Waals surface area contributed by atoms with E-state index >= 15 is 0 Å². The van der Waals surface area contributed by atoms with Gasteiger partial charge in [0, 0.05) is 5.56 Å². The van der Waals surface area contributed by atoms with Crippen molar-refractivity contribution in [1.29, 1.82) is 0 Å². The number of hydrogen-bond donors (Lipinski definition) is 0. The minimum atomic E-state index is -0.199. The van der Waals surface area contributed by atoms with Crippen molar-refractivity contribution in [3.8, 4) is 0 Å². The quantitative estimate of drug-likeness (QED) is 0.538. The summed E-state index contributed by atoms with van der Waals surface area (Å²) in [6.07, 6.45) is 3.46. The molecule has 14 heavy (non-hydrogen) atoms. The second-order valence-corrected chi connectivity index (χ2v) is 3.35. The zero-order chi connectivity index (χ0) is 9.97. The first-order valence-corrected chi connectivity index (χ1v) is 4.73. The molecule has 0 fully saturated rings. The summed E-state index contributed by atoms with van der Waals surface area (Å²) in [5.41, 5.74) is 1.72. The number of cyclic esters (lactones) is 1. The van der Waals surface area contributed by atoms with Crippen LogP contribution in [0.5, 0.6) is 0 Å². The Morgan fingerprint density at radius 3 is 3.00 bits per heavy atom. The molecule has 72 valence electrons. The van der Waals surface area contributed by atoms with Crippen molar-refractivity contribution in [2.75, 3.05) is 0 Å². The molecule has 1 aromatic rings. The molecule has 2 rings (SSSR count). The molecule has 1 aromatic carbocycles. The van der Waals surface area contributed by atoms with Crippen molar-refractivity contribution in [2.45, 2.75) is 18.9 Å². The lowest BCUT2D eigenvalue weighted by atomic mass is 10.0. The molecule has 0 unspecified atom stereocenters. The lowest BCUT2D eigenvalue weighted by Gasteiger charge is -2.08. The Morgan fingerprint density at radius 2 is 2.21 bits per heavy atom. The normalized spacial score (nSPS) is 18.9. The van der Waals surface area contributed by atoms with Crippen LogP contribution >= 0.6 is 0 Å². The number of esters is 1. The van der Waals surface area contributed by atoms with Gasteiger partial charge in [0.05, 0.1) is 5.56 Å². The monoisotopic (exact) mass is 188 g/mol. The van der Waals surface area contributed by atoms with Gasteiger partial charge >= 0.3 is 5.97 Å². The third kappa shape index (κ3) is 1.43. The summed E-state index contributed by atoms with van der Waals surface area (Å²) in [4.78, 5) is 11.4. The van der Waals surface area contributed by atoms with E-state index in [9.17, 15) is 4.79 Å². The maximum absolute atomic E-state index is 11.4. The summed E-state index contributed by atoms with van der Waals surface area (Å²) < 4.78 is 5.25. The highest BCUT2D eigenvalue weighted by Crippen LogP contribution is 2.33. The average molecular weight is 188 g/mol. The van der Waals surface area contributed by atoms with Gasteiger partial charge in [-0.05, 0) is 18.9 Å². The van der Waals surface area contributed by atoms with Gasteiger partial charge in [-0.15, -0.1) is 6.58 Å². The summed E-state index contributed by atoms with van der Waals surface area (Å²) in [5.74, 6) is -0.199. The maximum Gasteiger partial charge on any atom is 0.339 e. The molecule has 2 nitrogen and oxygen atoms in total. The summed E-state index contributed by atoms with van der Waals surface area (Å²) in [6.45, 7) is 3.66. The summed E-state index contributed by atoms with van der Waals surface area (Å²) in [6, 6.07) is 7.55. The van der Waals surface area contributed by atoms with E-state index < -0.39 is 0 Å². The number of carbonyl (C=O) groups is 1. The van der Waals surface area contributed by atoms with Crippen LogP contribution in [0.3, 0.4) is 0 Å². The zero-order valence-electron chi connectivity index (χ0n) is 7.90. The molecule has 1 aliphatic rings. The fourth-order valence-corrected chi connectivity index (χ4v) is 1.70. The first-order chi connectivity index (χ1) is 6.83. The zero-order valence-corrected chi connectivity index (χ0v) is 7.90. The Balaban J connectivity index is 2.25. The lowest BCUT2D eigenvalue weighted by molar-refractivity contribution is 0.0371.